The Bertz CT molecular complexity index is 987. The third kappa shape index (κ3) is 3.41. The summed E-state index contributed by atoms with van der Waals surface area (Å²) in [7, 11) is 0. The van der Waals surface area contributed by atoms with Crippen molar-refractivity contribution < 1.29 is 14.3 Å². The first-order valence-electron chi connectivity index (χ1n) is 10.4. The summed E-state index contributed by atoms with van der Waals surface area (Å²) in [5.74, 6) is 0.942. The molecule has 0 spiro atoms. The fourth-order valence-electron chi connectivity index (χ4n) is 4.64. The van der Waals surface area contributed by atoms with Gasteiger partial charge in [-0.2, -0.15) is 0 Å². The summed E-state index contributed by atoms with van der Waals surface area (Å²) in [4.78, 5) is 25.3. The van der Waals surface area contributed by atoms with Crippen molar-refractivity contribution >= 4 is 17.5 Å². The fraction of sp³-hybridized carbons (Fsp3) is 0.333. The lowest BCUT2D eigenvalue weighted by atomic mass is 9.84. The highest BCUT2D eigenvalue weighted by Gasteiger charge is 2.40. The molecule has 1 fully saturated rings. The van der Waals surface area contributed by atoms with Crippen LogP contribution in [0.3, 0.4) is 0 Å². The molecule has 2 aromatic carbocycles. The zero-order chi connectivity index (χ0) is 19.8. The number of fused-ring (bicyclic) bond motifs is 2. The van der Waals surface area contributed by atoms with E-state index in [1.807, 2.05) is 36.4 Å². The van der Waals surface area contributed by atoms with Crippen LogP contribution in [0.15, 0.2) is 59.9 Å². The van der Waals surface area contributed by atoms with Gasteiger partial charge in [-0.25, -0.2) is 0 Å². The Balaban J connectivity index is 1.34. The monoisotopic (exact) mass is 388 g/mol. The van der Waals surface area contributed by atoms with Crippen molar-refractivity contribution in [1.82, 2.24) is 5.32 Å². The van der Waals surface area contributed by atoms with Crippen molar-refractivity contribution in [2.75, 3.05) is 5.32 Å². The summed E-state index contributed by atoms with van der Waals surface area (Å²) in [6.45, 7) is 0. The lowest BCUT2D eigenvalue weighted by molar-refractivity contribution is -0.120. The Morgan fingerprint density at radius 3 is 2.55 bits per heavy atom. The second-order valence-electron chi connectivity index (χ2n) is 8.09. The molecule has 2 aromatic rings. The molecule has 3 aliphatic rings. The van der Waals surface area contributed by atoms with Crippen molar-refractivity contribution in [3.05, 3.63) is 71.0 Å². The minimum atomic E-state index is -0.426. The van der Waals surface area contributed by atoms with Crippen molar-refractivity contribution in [3.63, 3.8) is 0 Å². The van der Waals surface area contributed by atoms with Gasteiger partial charge in [-0.3, -0.25) is 9.59 Å². The topological polar surface area (TPSA) is 67.4 Å². The van der Waals surface area contributed by atoms with Gasteiger partial charge in [-0.1, -0.05) is 49.6 Å². The summed E-state index contributed by atoms with van der Waals surface area (Å²) in [5.41, 5.74) is 3.12. The van der Waals surface area contributed by atoms with E-state index in [1.54, 1.807) is 0 Å². The molecule has 148 valence electrons. The van der Waals surface area contributed by atoms with Crippen molar-refractivity contribution in [2.24, 2.45) is 0 Å². The Hall–Kier alpha value is -3.08. The normalized spacial score (nSPS) is 21.1. The molecule has 2 amide bonds. The lowest BCUT2D eigenvalue weighted by Crippen LogP contribution is -2.34. The molecule has 29 heavy (non-hydrogen) atoms. The molecule has 2 aliphatic heterocycles. The predicted octanol–water partition coefficient (Wildman–Crippen LogP) is 4.06. The molecule has 1 saturated carbocycles. The van der Waals surface area contributed by atoms with E-state index >= 15 is 0 Å². The quantitative estimate of drug-likeness (QED) is 0.779. The Morgan fingerprint density at radius 1 is 1.00 bits per heavy atom. The maximum absolute atomic E-state index is 12.9. The van der Waals surface area contributed by atoms with E-state index in [0.717, 1.165) is 5.56 Å². The number of benzene rings is 2. The van der Waals surface area contributed by atoms with E-state index in [0.29, 0.717) is 29.5 Å². The number of amides is 2. The molecule has 1 unspecified atom stereocenters. The molecule has 5 nitrogen and oxygen atoms in total. The summed E-state index contributed by atoms with van der Waals surface area (Å²) in [6.07, 6.45) is 7.02. The number of para-hydroxylation sites is 1. The maximum atomic E-state index is 12.9. The second kappa shape index (κ2) is 7.39. The molecule has 5 heteroatoms. The van der Waals surface area contributed by atoms with Crippen LogP contribution in [0.2, 0.25) is 0 Å². The van der Waals surface area contributed by atoms with E-state index in [9.17, 15) is 9.59 Å². The first-order chi connectivity index (χ1) is 14.2. The summed E-state index contributed by atoms with van der Waals surface area (Å²) >= 11 is 0. The standard InChI is InChI=1S/C24H24N2O3/c27-23(25-18-12-10-16(11-13-18)15-6-2-1-3-7-15)21-22-19(26-24(21)28)14-17-8-4-5-9-20(17)29-22/h4-5,8-13,15,19H,1-3,6-7,14H2,(H,25,27)(H,26,28). The SMILES string of the molecule is O=C(Nc1ccc(C2CCCCC2)cc1)C1=C2Oc3ccccc3CC2NC1=O. The second-order valence-corrected chi connectivity index (χ2v) is 8.09. The van der Waals surface area contributed by atoms with Gasteiger partial charge in [-0.05, 0) is 48.1 Å². The number of ether oxygens (including phenoxy) is 1. The van der Waals surface area contributed by atoms with Crippen molar-refractivity contribution in [2.45, 2.75) is 50.5 Å². The number of hydrogen-bond acceptors (Lipinski definition) is 3. The van der Waals surface area contributed by atoms with E-state index in [4.69, 9.17) is 4.74 Å². The highest BCUT2D eigenvalue weighted by atomic mass is 16.5. The Morgan fingerprint density at radius 2 is 1.76 bits per heavy atom. The molecular weight excluding hydrogens is 364 g/mol. The molecule has 1 aliphatic carbocycles. The first-order valence-corrected chi connectivity index (χ1v) is 10.4. The molecule has 0 radical (unpaired) electrons. The molecule has 5 rings (SSSR count). The van der Waals surface area contributed by atoms with Crippen LogP contribution in [-0.4, -0.2) is 17.9 Å². The molecule has 2 N–H and O–H groups in total. The minimum Gasteiger partial charge on any atom is -0.458 e. The highest BCUT2D eigenvalue weighted by Crippen LogP contribution is 2.35. The van der Waals surface area contributed by atoms with E-state index in [2.05, 4.69) is 22.8 Å². The number of anilines is 1. The zero-order valence-corrected chi connectivity index (χ0v) is 16.2. The minimum absolute atomic E-state index is 0.0702. The number of carbonyl (C=O) groups excluding carboxylic acids is 2. The fourth-order valence-corrected chi connectivity index (χ4v) is 4.64. The van der Waals surface area contributed by atoms with Crippen LogP contribution in [-0.2, 0) is 16.0 Å². The van der Waals surface area contributed by atoms with Gasteiger partial charge in [0.25, 0.3) is 11.8 Å². The lowest BCUT2D eigenvalue weighted by Gasteiger charge is -2.24. The maximum Gasteiger partial charge on any atom is 0.264 e. The smallest absolute Gasteiger partial charge is 0.264 e. The Labute approximate surface area is 170 Å². The van der Waals surface area contributed by atoms with Crippen LogP contribution in [0.5, 0.6) is 5.75 Å². The predicted molar refractivity (Wildman–Crippen MR) is 111 cm³/mol. The number of carbonyl (C=O) groups is 2. The highest BCUT2D eigenvalue weighted by molar-refractivity contribution is 6.24. The Kier molecular flexibility index (Phi) is 4.58. The first kappa shape index (κ1) is 18.0. The van der Waals surface area contributed by atoms with E-state index in [1.165, 1.54) is 37.7 Å². The van der Waals surface area contributed by atoms with Crippen molar-refractivity contribution in [1.29, 1.82) is 0 Å². The molecular formula is C24H24N2O3. The van der Waals surface area contributed by atoms with Crippen LogP contribution >= 0.6 is 0 Å². The number of nitrogens with one attached hydrogen (secondary N) is 2. The van der Waals surface area contributed by atoms with Crippen LogP contribution in [0.25, 0.3) is 0 Å². The average Bonchev–Trinajstić information content (AvgIpc) is 3.07. The summed E-state index contributed by atoms with van der Waals surface area (Å²) in [5, 5.41) is 5.73. The van der Waals surface area contributed by atoms with Crippen LogP contribution in [0, 0.1) is 0 Å². The van der Waals surface area contributed by atoms with Gasteiger partial charge >= 0.3 is 0 Å². The summed E-state index contributed by atoms with van der Waals surface area (Å²) in [6, 6.07) is 15.4. The van der Waals surface area contributed by atoms with Gasteiger partial charge in [0.15, 0.2) is 0 Å². The zero-order valence-electron chi connectivity index (χ0n) is 16.2. The molecule has 1 atom stereocenters. The van der Waals surface area contributed by atoms with Gasteiger partial charge in [0.2, 0.25) is 0 Å². The molecule has 2 heterocycles. The van der Waals surface area contributed by atoms with Gasteiger partial charge < -0.3 is 15.4 Å². The van der Waals surface area contributed by atoms with Crippen LogP contribution in [0.1, 0.15) is 49.1 Å². The summed E-state index contributed by atoms with van der Waals surface area (Å²) < 4.78 is 5.93. The molecule has 0 bridgehead atoms. The van der Waals surface area contributed by atoms with E-state index < -0.39 is 5.91 Å². The largest absolute Gasteiger partial charge is 0.458 e. The van der Waals surface area contributed by atoms with E-state index in [-0.39, 0.29) is 17.5 Å². The number of hydrogen-bond donors (Lipinski definition) is 2. The van der Waals surface area contributed by atoms with Gasteiger partial charge in [-0.15, -0.1) is 0 Å². The van der Waals surface area contributed by atoms with Crippen LogP contribution < -0.4 is 15.4 Å². The third-order valence-corrected chi connectivity index (χ3v) is 6.18. The van der Waals surface area contributed by atoms with Crippen molar-refractivity contribution in [3.8, 4) is 5.75 Å². The van der Waals surface area contributed by atoms with Gasteiger partial charge in [0.1, 0.15) is 17.1 Å². The molecule has 0 aromatic heterocycles. The third-order valence-electron chi connectivity index (χ3n) is 6.18. The average molecular weight is 388 g/mol. The number of rotatable bonds is 3. The van der Waals surface area contributed by atoms with Crippen LogP contribution in [0.4, 0.5) is 5.69 Å². The molecule has 0 saturated heterocycles. The van der Waals surface area contributed by atoms with Gasteiger partial charge in [0.05, 0.1) is 6.04 Å². The van der Waals surface area contributed by atoms with Gasteiger partial charge in [0, 0.05) is 12.1 Å².